The zero-order valence-electron chi connectivity index (χ0n) is 8.04. The molecule has 0 aromatic heterocycles. The van der Waals surface area contributed by atoms with Crippen LogP contribution in [0.1, 0.15) is 32.6 Å². The zero-order chi connectivity index (χ0) is 9.94. The zero-order valence-corrected chi connectivity index (χ0v) is 8.04. The minimum atomic E-state index is -0.233. The van der Waals surface area contributed by atoms with E-state index in [9.17, 15) is 9.59 Å². The number of hydrogen-bond acceptors (Lipinski definition) is 3. The van der Waals surface area contributed by atoms with Crippen molar-refractivity contribution in [3.05, 3.63) is 0 Å². The van der Waals surface area contributed by atoms with Gasteiger partial charge >= 0.3 is 0 Å². The first-order chi connectivity index (χ1) is 6.31. The van der Waals surface area contributed by atoms with Gasteiger partial charge in [0.2, 0.25) is 0 Å². The van der Waals surface area contributed by atoms with Crippen LogP contribution in [0.2, 0.25) is 0 Å². The van der Waals surface area contributed by atoms with Gasteiger partial charge in [0.25, 0.3) is 12.4 Å². The van der Waals surface area contributed by atoms with E-state index in [0.29, 0.717) is 6.54 Å². The molecule has 13 heavy (non-hydrogen) atoms. The third-order valence-electron chi connectivity index (χ3n) is 1.63. The molecule has 0 aromatic carbocycles. The summed E-state index contributed by atoms with van der Waals surface area (Å²) < 4.78 is 4.28. The highest BCUT2D eigenvalue weighted by Gasteiger charge is 1.98. The Labute approximate surface area is 78.6 Å². The molecule has 1 N–H and O–H groups in total. The molecule has 0 aliphatic heterocycles. The van der Waals surface area contributed by atoms with E-state index in [-0.39, 0.29) is 19.0 Å². The molecule has 0 rings (SSSR count). The van der Waals surface area contributed by atoms with Crippen LogP contribution >= 0.6 is 0 Å². The van der Waals surface area contributed by atoms with Crippen molar-refractivity contribution >= 4 is 12.4 Å². The van der Waals surface area contributed by atoms with Crippen LogP contribution in [0.4, 0.5) is 0 Å². The largest absolute Gasteiger partial charge is 0.458 e. The van der Waals surface area contributed by atoms with Crippen LogP contribution in [0.3, 0.4) is 0 Å². The number of carbonyl (C=O) groups excluding carboxylic acids is 2. The van der Waals surface area contributed by atoms with Crippen LogP contribution in [0, 0.1) is 0 Å². The van der Waals surface area contributed by atoms with Crippen molar-refractivity contribution in [2.45, 2.75) is 32.6 Å². The average molecular weight is 187 g/mol. The highest BCUT2D eigenvalue weighted by molar-refractivity contribution is 5.77. The van der Waals surface area contributed by atoms with Gasteiger partial charge in [-0.2, -0.15) is 0 Å². The molecule has 4 nitrogen and oxygen atoms in total. The topological polar surface area (TPSA) is 55.4 Å². The molecule has 1 amide bonds. The van der Waals surface area contributed by atoms with Crippen molar-refractivity contribution in [3.63, 3.8) is 0 Å². The van der Waals surface area contributed by atoms with E-state index in [2.05, 4.69) is 17.0 Å². The third-order valence-corrected chi connectivity index (χ3v) is 1.63. The highest BCUT2D eigenvalue weighted by Crippen LogP contribution is 1.96. The Hall–Kier alpha value is -1.06. The second-order valence-corrected chi connectivity index (χ2v) is 2.82. The fourth-order valence-electron chi connectivity index (χ4n) is 0.940. The molecule has 0 heterocycles. The maximum atomic E-state index is 10.8. The molecule has 4 heteroatoms. The molecule has 0 saturated heterocycles. The molecule has 0 spiro atoms. The van der Waals surface area contributed by atoms with Crippen LogP contribution in [0.5, 0.6) is 0 Å². The number of rotatable bonds is 8. The van der Waals surface area contributed by atoms with Gasteiger partial charge in [-0.1, -0.05) is 26.2 Å². The summed E-state index contributed by atoms with van der Waals surface area (Å²) >= 11 is 0. The number of hydrogen-bond donors (Lipinski definition) is 1. The molecule has 0 radical (unpaired) electrons. The summed E-state index contributed by atoms with van der Waals surface area (Å²) in [5.41, 5.74) is 0. The Bertz CT molecular complexity index is 148. The fraction of sp³-hybridized carbons (Fsp3) is 0.778. The van der Waals surface area contributed by atoms with Gasteiger partial charge in [-0.3, -0.25) is 9.59 Å². The first kappa shape index (κ1) is 11.9. The van der Waals surface area contributed by atoms with E-state index in [4.69, 9.17) is 0 Å². The fourth-order valence-corrected chi connectivity index (χ4v) is 0.940. The van der Waals surface area contributed by atoms with E-state index in [1.165, 1.54) is 12.8 Å². The first-order valence-corrected chi connectivity index (χ1v) is 4.63. The van der Waals surface area contributed by atoms with Crippen molar-refractivity contribution in [1.82, 2.24) is 5.32 Å². The number of amides is 1. The van der Waals surface area contributed by atoms with Crippen molar-refractivity contribution in [1.29, 1.82) is 0 Å². The standard InChI is InChI=1S/C9H17NO3/c1-2-3-4-5-6-10-9(12)7-13-8-11/h8H,2-7H2,1H3,(H,10,12). The van der Waals surface area contributed by atoms with Crippen molar-refractivity contribution in [2.24, 2.45) is 0 Å². The molecule has 0 aliphatic rings. The summed E-state index contributed by atoms with van der Waals surface area (Å²) in [5.74, 6) is -0.233. The SMILES string of the molecule is CCCCCCNC(=O)COC=O. The molecule has 0 atom stereocenters. The molecule has 76 valence electrons. The lowest BCUT2D eigenvalue weighted by atomic mass is 10.2. The minimum absolute atomic E-state index is 0.169. The number of carbonyl (C=O) groups is 2. The van der Waals surface area contributed by atoms with Crippen LogP contribution in [-0.2, 0) is 14.3 Å². The normalized spacial score (nSPS) is 9.31. The molecule has 0 bridgehead atoms. The molecule has 0 unspecified atom stereocenters. The molecular formula is C9H17NO3. The lowest BCUT2D eigenvalue weighted by Crippen LogP contribution is -2.28. The first-order valence-electron chi connectivity index (χ1n) is 4.63. The lowest BCUT2D eigenvalue weighted by Gasteiger charge is -2.03. The summed E-state index contributed by atoms with van der Waals surface area (Å²) in [5, 5.41) is 2.65. The van der Waals surface area contributed by atoms with Gasteiger partial charge in [0.15, 0.2) is 6.61 Å². The quantitative estimate of drug-likeness (QED) is 0.453. The van der Waals surface area contributed by atoms with Crippen molar-refractivity contribution in [3.8, 4) is 0 Å². The number of nitrogens with one attached hydrogen (secondary N) is 1. The smallest absolute Gasteiger partial charge is 0.293 e. The Morgan fingerprint density at radius 2 is 2.15 bits per heavy atom. The second kappa shape index (κ2) is 9.03. The van der Waals surface area contributed by atoms with Crippen molar-refractivity contribution < 1.29 is 14.3 Å². The maximum Gasteiger partial charge on any atom is 0.293 e. The monoisotopic (exact) mass is 187 g/mol. The Kier molecular flexibility index (Phi) is 8.30. The molecule has 0 saturated carbocycles. The second-order valence-electron chi connectivity index (χ2n) is 2.82. The number of unbranched alkanes of at least 4 members (excludes halogenated alkanes) is 3. The Morgan fingerprint density at radius 1 is 1.38 bits per heavy atom. The van der Waals surface area contributed by atoms with E-state index in [0.717, 1.165) is 12.8 Å². The summed E-state index contributed by atoms with van der Waals surface area (Å²) in [6.45, 7) is 2.91. The van der Waals surface area contributed by atoms with E-state index in [1.807, 2.05) is 0 Å². The third kappa shape index (κ3) is 8.85. The molecule has 0 aromatic rings. The summed E-state index contributed by atoms with van der Waals surface area (Å²) in [6, 6.07) is 0. The number of ether oxygens (including phenoxy) is 1. The highest BCUT2D eigenvalue weighted by atomic mass is 16.5. The molecular weight excluding hydrogens is 170 g/mol. The van der Waals surface area contributed by atoms with Crippen LogP contribution < -0.4 is 5.32 Å². The van der Waals surface area contributed by atoms with Crippen LogP contribution in [0.15, 0.2) is 0 Å². The average Bonchev–Trinajstić information content (AvgIpc) is 2.14. The van der Waals surface area contributed by atoms with Crippen LogP contribution in [-0.4, -0.2) is 25.5 Å². The lowest BCUT2D eigenvalue weighted by molar-refractivity contribution is -0.137. The summed E-state index contributed by atoms with van der Waals surface area (Å²) in [6.07, 6.45) is 4.49. The minimum Gasteiger partial charge on any atom is -0.458 e. The predicted octanol–water partition coefficient (Wildman–Crippen LogP) is 0.856. The van der Waals surface area contributed by atoms with E-state index in [1.54, 1.807) is 0 Å². The van der Waals surface area contributed by atoms with E-state index >= 15 is 0 Å². The maximum absolute atomic E-state index is 10.8. The van der Waals surface area contributed by atoms with Gasteiger partial charge in [0, 0.05) is 6.54 Å². The van der Waals surface area contributed by atoms with Crippen LogP contribution in [0.25, 0.3) is 0 Å². The van der Waals surface area contributed by atoms with Gasteiger partial charge in [0.05, 0.1) is 0 Å². The van der Waals surface area contributed by atoms with Gasteiger partial charge in [-0.25, -0.2) is 0 Å². The summed E-state index contributed by atoms with van der Waals surface area (Å²) in [4.78, 5) is 20.6. The van der Waals surface area contributed by atoms with Gasteiger partial charge in [-0.05, 0) is 6.42 Å². The van der Waals surface area contributed by atoms with Gasteiger partial charge in [-0.15, -0.1) is 0 Å². The Morgan fingerprint density at radius 3 is 2.77 bits per heavy atom. The van der Waals surface area contributed by atoms with Crippen molar-refractivity contribution in [2.75, 3.05) is 13.2 Å². The predicted molar refractivity (Wildman–Crippen MR) is 49.2 cm³/mol. The van der Waals surface area contributed by atoms with Gasteiger partial charge < -0.3 is 10.1 Å². The van der Waals surface area contributed by atoms with Gasteiger partial charge in [0.1, 0.15) is 0 Å². The molecule has 0 aliphatic carbocycles. The summed E-state index contributed by atoms with van der Waals surface area (Å²) in [7, 11) is 0. The molecule has 0 fully saturated rings. The van der Waals surface area contributed by atoms with E-state index < -0.39 is 0 Å². The Balaban J connectivity index is 3.12.